The van der Waals surface area contributed by atoms with Gasteiger partial charge in [-0.15, -0.1) is 45.3 Å². The van der Waals surface area contributed by atoms with E-state index in [4.69, 9.17) is 9.97 Å². The van der Waals surface area contributed by atoms with Gasteiger partial charge in [-0.25, -0.2) is 9.97 Å². The Morgan fingerprint density at radius 3 is 0.794 bits per heavy atom. The molecule has 0 saturated heterocycles. The topological polar surface area (TPSA) is 35.6 Å². The summed E-state index contributed by atoms with van der Waals surface area (Å²) in [5.41, 5.74) is 20.5. The summed E-state index contributed by atoms with van der Waals surface area (Å²) in [5.74, 6) is 0.665. The van der Waals surface area contributed by atoms with Gasteiger partial charge in [0.15, 0.2) is 5.82 Å². The molecule has 0 aliphatic carbocycles. The summed E-state index contributed by atoms with van der Waals surface area (Å²) in [5, 5.41) is 15.1. The van der Waals surface area contributed by atoms with Crippen molar-refractivity contribution in [3.05, 3.63) is 328 Å². The first kappa shape index (κ1) is 57.7. The summed E-state index contributed by atoms with van der Waals surface area (Å²) in [6.07, 6.45) is 0. The van der Waals surface area contributed by atoms with Crippen LogP contribution in [0.5, 0.6) is 0 Å². The quantitative estimate of drug-likeness (QED) is 0.144. The third kappa shape index (κ3) is 9.24. The maximum absolute atomic E-state index is 5.59. The molecule has 22 rings (SSSR count). The van der Waals surface area contributed by atoms with Crippen LogP contribution in [0.15, 0.2) is 328 Å². The predicted octanol–water partition coefficient (Wildman–Crippen LogP) is 27.8. The second-order valence-electron chi connectivity index (χ2n) is 26.8. The Balaban J connectivity index is 0.799. The van der Waals surface area contributed by atoms with Gasteiger partial charge in [0, 0.05) is 130 Å². The zero-order valence-corrected chi connectivity index (χ0v) is 57.9. The Bertz CT molecular complexity index is 6500. The van der Waals surface area contributed by atoms with Crippen LogP contribution in [0.25, 0.3) is 214 Å². The molecule has 4 nitrogen and oxygen atoms in total. The molecule has 0 N–H and O–H groups in total. The lowest BCUT2D eigenvalue weighted by Gasteiger charge is -2.17. The molecule has 15 aromatic carbocycles. The Morgan fingerprint density at radius 1 is 0.176 bits per heavy atom. The minimum absolute atomic E-state index is 0.665. The maximum atomic E-state index is 5.59. The van der Waals surface area contributed by atoms with Crippen molar-refractivity contribution in [2.75, 3.05) is 0 Å². The summed E-state index contributed by atoms with van der Waals surface area (Å²) in [6.45, 7) is 0. The molecule has 0 atom stereocenters. The van der Waals surface area contributed by atoms with Gasteiger partial charge in [0.25, 0.3) is 0 Å². The standard InChI is InChI=1S/C94H54N4S4/c1-3-15-55(16-4-1)80-54-81(96-94(95-80)56-17-5-2-6-18-56)65-43-66(97-82-39-31-57(61-27-35-72-68-19-7-11-23-86(68)99-90(72)49-61)45-76(82)77-46-58(32-40-83(77)97)62-28-36-73-69-20-8-12-24-87(69)100-91(73)50-62)53-67(44-65)98-84-41-33-59(63-29-37-74-70-21-9-13-25-88(70)101-92(74)51-63)47-78(84)79-48-60(34-42-85(79)98)64-30-38-75-71-22-10-14-26-89(71)102-93(75)52-64/h1-54H. The lowest BCUT2D eigenvalue weighted by atomic mass is 9.99. The molecule has 22 aromatic rings. The highest BCUT2D eigenvalue weighted by Gasteiger charge is 2.23. The highest BCUT2D eigenvalue weighted by molar-refractivity contribution is 7.27. The van der Waals surface area contributed by atoms with Crippen molar-refractivity contribution >= 4 is 170 Å². The molecular formula is C94H54N4S4. The third-order valence-corrected chi connectivity index (χ3v) is 25.5. The monoisotopic (exact) mass is 1370 g/mol. The van der Waals surface area contributed by atoms with Crippen molar-refractivity contribution in [3.63, 3.8) is 0 Å². The Hall–Kier alpha value is -12.1. The number of nitrogens with zero attached hydrogens (tertiary/aromatic N) is 4. The molecule has 0 spiro atoms. The largest absolute Gasteiger partial charge is 0.309 e. The number of hydrogen-bond acceptors (Lipinski definition) is 6. The van der Waals surface area contributed by atoms with Gasteiger partial charge in [-0.05, 0) is 166 Å². The normalized spacial score (nSPS) is 12.1. The molecule has 0 bridgehead atoms. The average Bonchev–Trinajstić information content (AvgIpc) is 1.56. The van der Waals surface area contributed by atoms with Crippen molar-refractivity contribution in [2.45, 2.75) is 0 Å². The van der Waals surface area contributed by atoms with Crippen molar-refractivity contribution in [3.8, 4) is 89.8 Å². The molecular weight excluding hydrogens is 1310 g/mol. The van der Waals surface area contributed by atoms with Crippen LogP contribution in [0.4, 0.5) is 0 Å². The van der Waals surface area contributed by atoms with Gasteiger partial charge >= 0.3 is 0 Å². The molecule has 0 amide bonds. The van der Waals surface area contributed by atoms with Crippen LogP contribution in [0.3, 0.4) is 0 Å². The minimum atomic E-state index is 0.665. The van der Waals surface area contributed by atoms with Gasteiger partial charge in [-0.3, -0.25) is 0 Å². The summed E-state index contributed by atoms with van der Waals surface area (Å²) in [6, 6.07) is 122. The zero-order chi connectivity index (χ0) is 66.7. The maximum Gasteiger partial charge on any atom is 0.160 e. The fourth-order valence-corrected chi connectivity index (χ4v) is 20.6. The van der Waals surface area contributed by atoms with Gasteiger partial charge < -0.3 is 9.13 Å². The fraction of sp³-hybridized carbons (Fsp3) is 0. The van der Waals surface area contributed by atoms with E-state index in [0.717, 1.165) is 61.5 Å². The van der Waals surface area contributed by atoms with Crippen LogP contribution in [0, 0.1) is 0 Å². The molecule has 0 fully saturated rings. The fourth-order valence-electron chi connectivity index (χ4n) is 16.0. The number of aromatic nitrogens is 4. The first-order valence-electron chi connectivity index (χ1n) is 34.5. The van der Waals surface area contributed by atoms with Crippen molar-refractivity contribution in [1.82, 2.24) is 19.1 Å². The van der Waals surface area contributed by atoms with E-state index < -0.39 is 0 Å². The molecule has 0 saturated carbocycles. The summed E-state index contributed by atoms with van der Waals surface area (Å²) < 4.78 is 15.4. The van der Waals surface area contributed by atoms with Gasteiger partial charge in [-0.1, -0.05) is 206 Å². The van der Waals surface area contributed by atoms with E-state index in [1.165, 1.54) is 147 Å². The lowest BCUT2D eigenvalue weighted by molar-refractivity contribution is 1.13. The zero-order valence-electron chi connectivity index (χ0n) is 54.6. The highest BCUT2D eigenvalue weighted by atomic mass is 32.1. The van der Waals surface area contributed by atoms with E-state index in [0.29, 0.717) is 5.82 Å². The third-order valence-electron chi connectivity index (χ3n) is 20.9. The van der Waals surface area contributed by atoms with Gasteiger partial charge in [0.1, 0.15) is 0 Å². The molecule has 0 unspecified atom stereocenters. The molecule has 8 heteroatoms. The van der Waals surface area contributed by atoms with E-state index in [1.807, 2.05) is 45.3 Å². The molecule has 474 valence electrons. The van der Waals surface area contributed by atoms with Crippen molar-refractivity contribution in [2.24, 2.45) is 0 Å². The summed E-state index contributed by atoms with van der Waals surface area (Å²) in [4.78, 5) is 10.9. The Labute approximate surface area is 601 Å². The molecule has 0 aliphatic rings. The SMILES string of the molecule is c1ccc(-c2cc(-c3cc(-n4c5ccc(-c6ccc7c(c6)sc6ccccc67)cc5c5cc(-c6ccc7c(c6)sc6ccccc67)ccc54)cc(-n4c5ccc(-c6ccc7c(c6)sc6ccccc67)cc5c5cc(-c6ccc7c(c6)sc6ccccc67)ccc54)c3)nc(-c3ccccc3)n2)cc1. The van der Waals surface area contributed by atoms with Gasteiger partial charge in [0.2, 0.25) is 0 Å². The van der Waals surface area contributed by atoms with Crippen LogP contribution < -0.4 is 0 Å². The van der Waals surface area contributed by atoms with Crippen molar-refractivity contribution in [1.29, 1.82) is 0 Å². The molecule has 0 aliphatic heterocycles. The van der Waals surface area contributed by atoms with Crippen LogP contribution in [-0.4, -0.2) is 19.1 Å². The smallest absolute Gasteiger partial charge is 0.160 e. The number of hydrogen-bond donors (Lipinski definition) is 0. The summed E-state index contributed by atoms with van der Waals surface area (Å²) in [7, 11) is 0. The van der Waals surface area contributed by atoms with Gasteiger partial charge in [-0.2, -0.15) is 0 Å². The summed E-state index contributed by atoms with van der Waals surface area (Å²) >= 11 is 7.46. The highest BCUT2D eigenvalue weighted by Crippen LogP contribution is 2.47. The first-order valence-corrected chi connectivity index (χ1v) is 37.7. The first-order chi connectivity index (χ1) is 50.5. The van der Waals surface area contributed by atoms with Gasteiger partial charge in [0.05, 0.1) is 33.5 Å². The molecule has 0 radical (unpaired) electrons. The Kier molecular flexibility index (Phi) is 12.8. The van der Waals surface area contributed by atoms with E-state index in [9.17, 15) is 0 Å². The molecule has 102 heavy (non-hydrogen) atoms. The Morgan fingerprint density at radius 2 is 0.451 bits per heavy atom. The predicted molar refractivity (Wildman–Crippen MR) is 440 cm³/mol. The average molecular weight is 1370 g/mol. The number of rotatable bonds is 9. The van der Waals surface area contributed by atoms with E-state index >= 15 is 0 Å². The number of benzene rings is 15. The van der Waals surface area contributed by atoms with Crippen LogP contribution in [0.2, 0.25) is 0 Å². The van der Waals surface area contributed by atoms with Crippen LogP contribution in [0.1, 0.15) is 0 Å². The van der Waals surface area contributed by atoms with Crippen molar-refractivity contribution < 1.29 is 0 Å². The van der Waals surface area contributed by atoms with E-state index in [-0.39, 0.29) is 0 Å². The van der Waals surface area contributed by atoms with E-state index in [1.54, 1.807) is 0 Å². The second kappa shape index (κ2) is 22.7. The van der Waals surface area contributed by atoms with Crippen LogP contribution in [-0.2, 0) is 0 Å². The molecule has 7 aromatic heterocycles. The minimum Gasteiger partial charge on any atom is -0.309 e. The van der Waals surface area contributed by atoms with Crippen LogP contribution >= 0.6 is 45.3 Å². The van der Waals surface area contributed by atoms with E-state index in [2.05, 4.69) is 337 Å². The molecule has 7 heterocycles. The number of fused-ring (bicyclic) bond motifs is 18. The lowest BCUT2D eigenvalue weighted by Crippen LogP contribution is -2.02. The second-order valence-corrected chi connectivity index (χ2v) is 31.1. The number of thiophene rings is 4.